The van der Waals surface area contributed by atoms with Crippen LogP contribution in [0.5, 0.6) is 0 Å². The van der Waals surface area contributed by atoms with Crippen molar-refractivity contribution in [2.24, 2.45) is 0 Å². The van der Waals surface area contributed by atoms with Gasteiger partial charge in [0.15, 0.2) is 0 Å². The van der Waals surface area contributed by atoms with Crippen molar-refractivity contribution >= 4 is 49.6 Å². The van der Waals surface area contributed by atoms with E-state index < -0.39 is 0 Å². The Hall–Kier alpha value is -7.94. The number of hydrogen-bond donors (Lipinski definition) is 0. The van der Waals surface area contributed by atoms with E-state index >= 15 is 0 Å². The first-order chi connectivity index (χ1) is 29.7. The summed E-state index contributed by atoms with van der Waals surface area (Å²) in [5.74, 6) is 0.867. The summed E-state index contributed by atoms with van der Waals surface area (Å²) >= 11 is 0. The van der Waals surface area contributed by atoms with Gasteiger partial charge in [-0.25, -0.2) is 0 Å². The summed E-state index contributed by atoms with van der Waals surface area (Å²) in [5.41, 5.74) is 14.6. The van der Waals surface area contributed by atoms with Gasteiger partial charge in [-0.1, -0.05) is 176 Å². The molecule has 0 saturated carbocycles. The van der Waals surface area contributed by atoms with Crippen LogP contribution in [0.25, 0.3) is 88.3 Å². The highest BCUT2D eigenvalue weighted by atomic mass is 16.3. The summed E-state index contributed by atoms with van der Waals surface area (Å²) in [6.45, 7) is 0. The van der Waals surface area contributed by atoms with Gasteiger partial charge >= 0.3 is 0 Å². The van der Waals surface area contributed by atoms with Crippen LogP contribution in [-0.2, 0) is 0 Å². The molecule has 10 aromatic carbocycles. The first kappa shape index (κ1) is 35.2. The summed E-state index contributed by atoms with van der Waals surface area (Å²) in [5, 5.41) is 6.17. The standard InChI is InChI=1S/C58H39NO/c1-2-11-40(12-3-1)45-15-10-16-46(37-45)41-23-30-50(31-24-41)59(51-32-25-42(26-33-51)47-29-36-55-48(38-47)22-21-43-13-4-6-17-53(43)55)52-34-27-44(28-35-52)54-18-7-8-19-56(54)58-39-49-14-5-9-20-57(49)60-58/h1-39H. The van der Waals surface area contributed by atoms with Crippen molar-refractivity contribution < 1.29 is 4.42 Å². The van der Waals surface area contributed by atoms with Crippen molar-refractivity contribution in [1.82, 2.24) is 0 Å². The molecule has 0 unspecified atom stereocenters. The topological polar surface area (TPSA) is 16.4 Å². The number of para-hydroxylation sites is 1. The Labute approximate surface area is 349 Å². The van der Waals surface area contributed by atoms with Crippen molar-refractivity contribution in [3.8, 4) is 55.8 Å². The number of anilines is 3. The Morgan fingerprint density at radius 1 is 0.267 bits per heavy atom. The van der Waals surface area contributed by atoms with Crippen LogP contribution in [0.4, 0.5) is 17.1 Å². The van der Waals surface area contributed by atoms with Crippen molar-refractivity contribution in [3.63, 3.8) is 0 Å². The van der Waals surface area contributed by atoms with Gasteiger partial charge in [-0.05, 0) is 127 Å². The highest BCUT2D eigenvalue weighted by Gasteiger charge is 2.16. The van der Waals surface area contributed by atoms with Crippen LogP contribution in [-0.4, -0.2) is 0 Å². The Kier molecular flexibility index (Phi) is 8.87. The van der Waals surface area contributed by atoms with E-state index in [-0.39, 0.29) is 0 Å². The molecule has 0 saturated heterocycles. The van der Waals surface area contributed by atoms with Gasteiger partial charge in [0.25, 0.3) is 0 Å². The van der Waals surface area contributed by atoms with Crippen LogP contribution in [0.3, 0.4) is 0 Å². The smallest absolute Gasteiger partial charge is 0.136 e. The first-order valence-electron chi connectivity index (χ1n) is 20.5. The minimum absolute atomic E-state index is 0.867. The maximum Gasteiger partial charge on any atom is 0.136 e. The van der Waals surface area contributed by atoms with E-state index in [4.69, 9.17) is 4.42 Å². The summed E-state index contributed by atoms with van der Waals surface area (Å²) in [6, 6.07) is 84.8. The number of rotatable bonds is 8. The second-order valence-electron chi connectivity index (χ2n) is 15.3. The molecule has 60 heavy (non-hydrogen) atoms. The number of fused-ring (bicyclic) bond motifs is 4. The molecule has 0 bridgehead atoms. The average Bonchev–Trinajstić information content (AvgIpc) is 3.77. The molecular formula is C58H39NO. The third-order valence-corrected chi connectivity index (χ3v) is 11.7. The maximum atomic E-state index is 6.34. The van der Waals surface area contributed by atoms with Gasteiger partial charge in [-0.2, -0.15) is 0 Å². The molecule has 11 aromatic rings. The summed E-state index contributed by atoms with van der Waals surface area (Å²) in [4.78, 5) is 2.34. The second kappa shape index (κ2) is 15.1. The van der Waals surface area contributed by atoms with Crippen LogP contribution in [0.15, 0.2) is 241 Å². The van der Waals surface area contributed by atoms with Crippen molar-refractivity contribution in [2.75, 3.05) is 4.90 Å². The molecule has 0 aliphatic carbocycles. The molecule has 0 N–H and O–H groups in total. The number of benzene rings is 10. The van der Waals surface area contributed by atoms with Gasteiger partial charge in [-0.15, -0.1) is 0 Å². The zero-order chi connectivity index (χ0) is 39.8. The van der Waals surface area contributed by atoms with E-state index in [9.17, 15) is 0 Å². The predicted molar refractivity (Wildman–Crippen MR) is 253 cm³/mol. The Balaban J connectivity index is 0.958. The van der Waals surface area contributed by atoms with E-state index in [0.29, 0.717) is 0 Å². The van der Waals surface area contributed by atoms with Gasteiger partial charge in [0.1, 0.15) is 11.3 Å². The highest BCUT2D eigenvalue weighted by molar-refractivity contribution is 6.08. The highest BCUT2D eigenvalue weighted by Crippen LogP contribution is 2.40. The van der Waals surface area contributed by atoms with Gasteiger partial charge in [0.2, 0.25) is 0 Å². The van der Waals surface area contributed by atoms with Crippen molar-refractivity contribution in [3.05, 3.63) is 237 Å². The van der Waals surface area contributed by atoms with E-state index in [2.05, 4.69) is 223 Å². The fourth-order valence-electron chi connectivity index (χ4n) is 8.61. The van der Waals surface area contributed by atoms with Crippen LogP contribution in [0, 0.1) is 0 Å². The fourth-order valence-corrected chi connectivity index (χ4v) is 8.61. The minimum Gasteiger partial charge on any atom is -0.456 e. The van der Waals surface area contributed by atoms with Gasteiger partial charge < -0.3 is 9.32 Å². The molecule has 0 fully saturated rings. The second-order valence-corrected chi connectivity index (χ2v) is 15.3. The van der Waals surface area contributed by atoms with Gasteiger partial charge in [0, 0.05) is 28.0 Å². The average molecular weight is 766 g/mol. The zero-order valence-electron chi connectivity index (χ0n) is 32.9. The molecule has 11 rings (SSSR count). The number of hydrogen-bond acceptors (Lipinski definition) is 2. The largest absolute Gasteiger partial charge is 0.456 e. The first-order valence-corrected chi connectivity index (χ1v) is 20.5. The van der Waals surface area contributed by atoms with Crippen LogP contribution in [0.1, 0.15) is 0 Å². The number of furan rings is 1. The SMILES string of the molecule is c1ccc(-c2cccc(-c3ccc(N(c4ccc(-c5ccc6c(ccc7ccccc76)c5)cc4)c4ccc(-c5ccccc5-c5cc6ccccc6o5)cc4)cc3)c2)cc1. The summed E-state index contributed by atoms with van der Waals surface area (Å²) in [7, 11) is 0. The number of nitrogens with zero attached hydrogens (tertiary/aromatic N) is 1. The monoisotopic (exact) mass is 765 g/mol. The van der Waals surface area contributed by atoms with Crippen LogP contribution < -0.4 is 4.90 Å². The zero-order valence-corrected chi connectivity index (χ0v) is 32.9. The molecule has 0 spiro atoms. The molecule has 1 heterocycles. The Morgan fingerprint density at radius 2 is 0.750 bits per heavy atom. The molecular weight excluding hydrogens is 727 g/mol. The lowest BCUT2D eigenvalue weighted by Crippen LogP contribution is -2.09. The van der Waals surface area contributed by atoms with E-state index in [1.54, 1.807) is 0 Å². The lowest BCUT2D eigenvalue weighted by atomic mass is 9.97. The minimum atomic E-state index is 0.867. The molecule has 1 aromatic heterocycles. The normalized spacial score (nSPS) is 11.3. The van der Waals surface area contributed by atoms with Gasteiger partial charge in [0.05, 0.1) is 0 Å². The molecule has 282 valence electrons. The van der Waals surface area contributed by atoms with Crippen molar-refractivity contribution in [2.45, 2.75) is 0 Å². The Morgan fingerprint density at radius 3 is 1.43 bits per heavy atom. The summed E-state index contributed by atoms with van der Waals surface area (Å²) < 4.78 is 6.34. The summed E-state index contributed by atoms with van der Waals surface area (Å²) in [6.07, 6.45) is 0. The van der Waals surface area contributed by atoms with Crippen LogP contribution >= 0.6 is 0 Å². The lowest BCUT2D eigenvalue weighted by molar-refractivity contribution is 0.632. The Bertz CT molecular complexity index is 3260. The predicted octanol–water partition coefficient (Wildman–Crippen LogP) is 16.5. The van der Waals surface area contributed by atoms with E-state index in [1.165, 1.54) is 54.9 Å². The third kappa shape index (κ3) is 6.61. The maximum absolute atomic E-state index is 6.34. The fraction of sp³-hybridized carbons (Fsp3) is 0. The van der Waals surface area contributed by atoms with Crippen molar-refractivity contribution in [1.29, 1.82) is 0 Å². The third-order valence-electron chi connectivity index (χ3n) is 11.7. The van der Waals surface area contributed by atoms with Crippen LogP contribution in [0.2, 0.25) is 0 Å². The molecule has 2 heteroatoms. The van der Waals surface area contributed by atoms with E-state index in [0.717, 1.165) is 50.5 Å². The van der Waals surface area contributed by atoms with E-state index in [1.807, 2.05) is 18.2 Å². The molecule has 0 aliphatic heterocycles. The quantitative estimate of drug-likeness (QED) is 0.143. The lowest BCUT2D eigenvalue weighted by Gasteiger charge is -2.26. The molecule has 0 radical (unpaired) electrons. The van der Waals surface area contributed by atoms with Gasteiger partial charge in [-0.3, -0.25) is 0 Å². The molecule has 2 nitrogen and oxygen atoms in total. The molecule has 0 atom stereocenters. The molecule has 0 aliphatic rings. The molecule has 0 amide bonds.